The summed E-state index contributed by atoms with van der Waals surface area (Å²) in [6, 6.07) is 17.0. The smallest absolute Gasteiger partial charge is 0.264 e. The lowest BCUT2D eigenvalue weighted by atomic mass is 9.95. The molecule has 8 nitrogen and oxygen atoms in total. The Morgan fingerprint density at radius 1 is 0.955 bits per heavy atom. The second-order valence-corrected chi connectivity index (χ2v) is 13.7. The zero-order valence-electron chi connectivity index (χ0n) is 25.3. The van der Waals surface area contributed by atoms with Crippen molar-refractivity contribution < 1.29 is 22.7 Å². The molecule has 236 valence electrons. The molecule has 1 aliphatic carbocycles. The molecule has 2 amide bonds. The largest absolute Gasteiger partial charge is 0.494 e. The van der Waals surface area contributed by atoms with Gasteiger partial charge in [0, 0.05) is 28.2 Å². The zero-order valence-corrected chi connectivity index (χ0v) is 27.6. The van der Waals surface area contributed by atoms with E-state index in [9.17, 15) is 18.0 Å². The number of rotatable bonds is 12. The van der Waals surface area contributed by atoms with Crippen LogP contribution in [-0.2, 0) is 26.2 Å². The minimum absolute atomic E-state index is 0.0295. The summed E-state index contributed by atoms with van der Waals surface area (Å²) in [5.74, 6) is -0.336. The van der Waals surface area contributed by atoms with Gasteiger partial charge in [-0.15, -0.1) is 0 Å². The van der Waals surface area contributed by atoms with E-state index < -0.39 is 28.5 Å². The first-order valence-electron chi connectivity index (χ1n) is 14.9. The van der Waals surface area contributed by atoms with Crippen molar-refractivity contribution in [1.82, 2.24) is 10.2 Å². The molecular formula is C33H39Cl2N3O5S. The van der Waals surface area contributed by atoms with Gasteiger partial charge in [0.25, 0.3) is 10.0 Å². The van der Waals surface area contributed by atoms with E-state index in [1.54, 1.807) is 61.5 Å². The van der Waals surface area contributed by atoms with Gasteiger partial charge in [-0.2, -0.15) is 0 Å². The summed E-state index contributed by atoms with van der Waals surface area (Å²) in [7, 11) is -4.19. The van der Waals surface area contributed by atoms with Gasteiger partial charge < -0.3 is 15.0 Å². The number of ether oxygens (including phenoxy) is 1. The number of hydrogen-bond acceptors (Lipinski definition) is 5. The number of carbonyl (C=O) groups is 2. The lowest BCUT2D eigenvalue weighted by molar-refractivity contribution is -0.139. The summed E-state index contributed by atoms with van der Waals surface area (Å²) in [5, 5.41) is 3.77. The van der Waals surface area contributed by atoms with Crippen LogP contribution < -0.4 is 14.4 Å². The summed E-state index contributed by atoms with van der Waals surface area (Å²) < 4.78 is 34.7. The number of amides is 2. The minimum atomic E-state index is -4.19. The van der Waals surface area contributed by atoms with Gasteiger partial charge in [-0.3, -0.25) is 13.9 Å². The molecule has 0 heterocycles. The Hall–Kier alpha value is -3.27. The van der Waals surface area contributed by atoms with Crippen LogP contribution in [0.2, 0.25) is 10.0 Å². The molecule has 3 aromatic rings. The van der Waals surface area contributed by atoms with Gasteiger partial charge in [-0.05, 0) is 82.1 Å². The van der Waals surface area contributed by atoms with Gasteiger partial charge in [0.15, 0.2) is 0 Å². The fourth-order valence-electron chi connectivity index (χ4n) is 5.25. The number of hydrogen-bond donors (Lipinski definition) is 1. The number of halogens is 2. The van der Waals surface area contributed by atoms with Gasteiger partial charge >= 0.3 is 0 Å². The van der Waals surface area contributed by atoms with Crippen LogP contribution in [-0.4, -0.2) is 50.4 Å². The molecule has 1 aliphatic rings. The summed E-state index contributed by atoms with van der Waals surface area (Å²) in [6.45, 7) is 5.15. The summed E-state index contributed by atoms with van der Waals surface area (Å²) in [6.07, 6.45) is 4.96. The monoisotopic (exact) mass is 659 g/mol. The lowest BCUT2D eigenvalue weighted by Gasteiger charge is -2.33. The fourth-order valence-corrected chi connectivity index (χ4v) is 7.18. The van der Waals surface area contributed by atoms with Crippen LogP contribution in [0.4, 0.5) is 5.69 Å². The Morgan fingerprint density at radius 2 is 1.57 bits per heavy atom. The molecule has 1 fully saturated rings. The highest BCUT2D eigenvalue weighted by Crippen LogP contribution is 2.29. The normalized spacial score (nSPS) is 14.5. The second kappa shape index (κ2) is 15.1. The van der Waals surface area contributed by atoms with Crippen molar-refractivity contribution in [2.24, 2.45) is 0 Å². The molecule has 0 bridgehead atoms. The van der Waals surface area contributed by atoms with Crippen molar-refractivity contribution in [2.45, 2.75) is 76.4 Å². The van der Waals surface area contributed by atoms with E-state index in [-0.39, 0.29) is 29.1 Å². The van der Waals surface area contributed by atoms with E-state index in [1.165, 1.54) is 17.0 Å². The topological polar surface area (TPSA) is 96.0 Å². The molecule has 0 radical (unpaired) electrons. The second-order valence-electron chi connectivity index (χ2n) is 11.0. The number of benzene rings is 3. The average molecular weight is 661 g/mol. The van der Waals surface area contributed by atoms with Gasteiger partial charge in [0.2, 0.25) is 11.8 Å². The van der Waals surface area contributed by atoms with Crippen LogP contribution in [0.1, 0.15) is 57.1 Å². The van der Waals surface area contributed by atoms with Crippen molar-refractivity contribution in [3.63, 3.8) is 0 Å². The highest BCUT2D eigenvalue weighted by atomic mass is 35.5. The highest BCUT2D eigenvalue weighted by Gasteiger charge is 2.34. The Morgan fingerprint density at radius 3 is 2.16 bits per heavy atom. The molecule has 4 rings (SSSR count). The third kappa shape index (κ3) is 8.25. The van der Waals surface area contributed by atoms with Crippen LogP contribution in [0.3, 0.4) is 0 Å². The van der Waals surface area contributed by atoms with Crippen LogP contribution in [0.15, 0.2) is 71.6 Å². The minimum Gasteiger partial charge on any atom is -0.494 e. The maximum Gasteiger partial charge on any atom is 0.264 e. The molecule has 1 saturated carbocycles. The summed E-state index contributed by atoms with van der Waals surface area (Å²) in [5.41, 5.74) is 1.64. The van der Waals surface area contributed by atoms with Crippen molar-refractivity contribution >= 4 is 50.7 Å². The van der Waals surface area contributed by atoms with E-state index in [1.807, 2.05) is 13.8 Å². The molecular weight excluding hydrogens is 621 g/mol. The standard InChI is InChI=1S/C33H39Cl2N3O5S/c1-4-43-27-17-15-26(16-18-27)38(44(41,42)28-19-13-23(2)14-20-28)22-32(39)37(21-29-30(34)11-8-12-31(29)35)24(3)33(40)36-25-9-6-5-7-10-25/h8,11-20,24-25H,4-7,9-10,21-22H2,1-3H3,(H,36,40)/t24-/m0/s1. The van der Waals surface area contributed by atoms with Crippen molar-refractivity contribution in [1.29, 1.82) is 0 Å². The first kappa shape index (κ1) is 33.6. The molecule has 1 N–H and O–H groups in total. The number of anilines is 1. The van der Waals surface area contributed by atoms with E-state index in [0.29, 0.717) is 28.0 Å². The molecule has 11 heteroatoms. The Balaban J connectivity index is 1.71. The van der Waals surface area contributed by atoms with Crippen LogP contribution in [0.5, 0.6) is 5.75 Å². The van der Waals surface area contributed by atoms with Gasteiger partial charge in [0.05, 0.1) is 17.2 Å². The number of nitrogens with zero attached hydrogens (tertiary/aromatic N) is 2. The maximum atomic E-state index is 14.2. The molecule has 44 heavy (non-hydrogen) atoms. The molecule has 0 spiro atoms. The van der Waals surface area contributed by atoms with Crippen molar-refractivity contribution in [2.75, 3.05) is 17.5 Å². The van der Waals surface area contributed by atoms with Crippen molar-refractivity contribution in [3.8, 4) is 5.75 Å². The van der Waals surface area contributed by atoms with E-state index in [0.717, 1.165) is 42.0 Å². The van der Waals surface area contributed by atoms with Crippen LogP contribution >= 0.6 is 23.2 Å². The molecule has 0 saturated heterocycles. The lowest BCUT2D eigenvalue weighted by Crippen LogP contribution is -2.53. The third-order valence-electron chi connectivity index (χ3n) is 7.83. The number of carbonyl (C=O) groups excluding carboxylic acids is 2. The molecule has 0 aromatic heterocycles. The molecule has 0 unspecified atom stereocenters. The Labute approximate surface area is 270 Å². The third-order valence-corrected chi connectivity index (χ3v) is 10.3. The summed E-state index contributed by atoms with van der Waals surface area (Å²) >= 11 is 13.0. The molecule has 3 aromatic carbocycles. The van der Waals surface area contributed by atoms with E-state index >= 15 is 0 Å². The van der Waals surface area contributed by atoms with E-state index in [4.69, 9.17) is 27.9 Å². The maximum absolute atomic E-state index is 14.2. The van der Waals surface area contributed by atoms with Gasteiger partial charge in [-0.1, -0.05) is 66.2 Å². The number of nitrogens with one attached hydrogen (secondary N) is 1. The first-order chi connectivity index (χ1) is 21.0. The molecule has 0 aliphatic heterocycles. The Bertz CT molecular complexity index is 1520. The SMILES string of the molecule is CCOc1ccc(N(CC(=O)N(Cc2c(Cl)cccc2Cl)[C@@H](C)C(=O)NC2CCCCC2)S(=O)(=O)c2ccc(C)cc2)cc1. The average Bonchev–Trinajstić information content (AvgIpc) is 3.00. The fraction of sp³-hybridized carbons (Fsp3) is 0.394. The van der Waals surface area contributed by atoms with Gasteiger partial charge in [0.1, 0.15) is 18.3 Å². The number of sulfonamides is 1. The number of aryl methyl sites for hydroxylation is 1. The quantitative estimate of drug-likeness (QED) is 0.232. The Kier molecular flexibility index (Phi) is 11.6. The first-order valence-corrected chi connectivity index (χ1v) is 17.1. The highest BCUT2D eigenvalue weighted by molar-refractivity contribution is 7.92. The predicted octanol–water partition coefficient (Wildman–Crippen LogP) is 6.76. The molecule has 1 atom stereocenters. The summed E-state index contributed by atoms with van der Waals surface area (Å²) in [4.78, 5) is 29.1. The zero-order chi connectivity index (χ0) is 31.9. The van der Waals surface area contributed by atoms with Crippen LogP contribution in [0.25, 0.3) is 0 Å². The predicted molar refractivity (Wildman–Crippen MR) is 175 cm³/mol. The van der Waals surface area contributed by atoms with Crippen LogP contribution in [0, 0.1) is 6.92 Å². The van der Waals surface area contributed by atoms with E-state index in [2.05, 4.69) is 5.32 Å². The van der Waals surface area contributed by atoms with Gasteiger partial charge in [-0.25, -0.2) is 8.42 Å². The van der Waals surface area contributed by atoms with Crippen molar-refractivity contribution in [3.05, 3.63) is 87.9 Å².